The van der Waals surface area contributed by atoms with Gasteiger partial charge in [0.25, 0.3) is 0 Å². The molecule has 0 saturated carbocycles. The molecule has 2 aromatic heterocycles. The van der Waals surface area contributed by atoms with Gasteiger partial charge in [0, 0.05) is 40.2 Å². The first-order chi connectivity index (χ1) is 17.2. The number of carboxylic acid groups (broad SMARTS) is 1. The van der Waals surface area contributed by atoms with Crippen molar-refractivity contribution in [3.63, 3.8) is 0 Å². The number of nitrogens with zero attached hydrogens (tertiary/aromatic N) is 2. The second kappa shape index (κ2) is 9.17. The van der Waals surface area contributed by atoms with E-state index in [4.69, 9.17) is 19.4 Å². The van der Waals surface area contributed by atoms with Crippen molar-refractivity contribution in [1.29, 1.82) is 0 Å². The predicted molar refractivity (Wildman–Crippen MR) is 142 cm³/mol. The highest BCUT2D eigenvalue weighted by Crippen LogP contribution is 2.44. The number of aliphatic carboxylic acids is 1. The Morgan fingerprint density at radius 2 is 2.00 bits per heavy atom. The minimum Gasteiger partial charge on any atom is -0.493 e. The highest BCUT2D eigenvalue weighted by Gasteiger charge is 2.32. The topological polar surface area (TPSA) is 81.5 Å². The molecule has 36 heavy (non-hydrogen) atoms. The molecular weight excluding hydrogens is 452 g/mol. The molecule has 0 amide bonds. The van der Waals surface area contributed by atoms with E-state index in [2.05, 4.69) is 13.0 Å². The normalized spacial score (nSPS) is 14.1. The van der Waals surface area contributed by atoms with Crippen molar-refractivity contribution >= 4 is 27.8 Å². The molecule has 1 aliphatic heterocycles. The lowest BCUT2D eigenvalue weighted by molar-refractivity contribution is -0.160. The molecule has 0 radical (unpaired) electrons. The number of aryl methyl sites for hydroxylation is 2. The lowest BCUT2D eigenvalue weighted by Gasteiger charge is -2.29. The summed E-state index contributed by atoms with van der Waals surface area (Å²) in [4.78, 5) is 22.4. The maximum Gasteiger partial charge on any atom is 0.337 e. The number of hydrogen-bond donors (Lipinski definition) is 1. The van der Waals surface area contributed by atoms with Crippen LogP contribution in [0.3, 0.4) is 0 Å². The lowest BCUT2D eigenvalue weighted by atomic mass is 9.86. The molecule has 1 aliphatic rings. The molecule has 0 spiro atoms. The van der Waals surface area contributed by atoms with Crippen LogP contribution in [0.25, 0.3) is 32.9 Å². The van der Waals surface area contributed by atoms with Gasteiger partial charge in [-0.25, -0.2) is 4.79 Å². The second-order valence-corrected chi connectivity index (χ2v) is 10.5. The Kier molecular flexibility index (Phi) is 6.17. The number of aromatic nitrogens is 2. The molecule has 0 fully saturated rings. The van der Waals surface area contributed by atoms with E-state index in [0.717, 1.165) is 69.2 Å². The van der Waals surface area contributed by atoms with Crippen molar-refractivity contribution in [3.05, 3.63) is 65.0 Å². The number of carbonyl (C=O) groups is 1. The third kappa shape index (κ3) is 4.30. The van der Waals surface area contributed by atoms with E-state index in [1.807, 2.05) is 64.2 Å². The van der Waals surface area contributed by atoms with Crippen LogP contribution in [0.1, 0.15) is 62.6 Å². The molecule has 1 atom stereocenters. The Balaban J connectivity index is 1.89. The first-order valence-corrected chi connectivity index (χ1v) is 12.6. The summed E-state index contributed by atoms with van der Waals surface area (Å²) >= 11 is 0. The summed E-state index contributed by atoms with van der Waals surface area (Å²) in [5.41, 5.74) is 6.32. The van der Waals surface area contributed by atoms with Crippen molar-refractivity contribution < 1.29 is 19.4 Å². The summed E-state index contributed by atoms with van der Waals surface area (Å²) in [6, 6.07) is 12.1. The molecule has 0 aliphatic carbocycles. The second-order valence-electron chi connectivity index (χ2n) is 10.5. The summed E-state index contributed by atoms with van der Waals surface area (Å²) < 4.78 is 12.1. The number of ether oxygens (including phenoxy) is 2. The van der Waals surface area contributed by atoms with Gasteiger partial charge >= 0.3 is 5.97 Å². The largest absolute Gasteiger partial charge is 0.493 e. The molecule has 186 valence electrons. The third-order valence-corrected chi connectivity index (χ3v) is 6.60. The lowest BCUT2D eigenvalue weighted by Crippen LogP contribution is -2.28. The molecule has 2 aromatic carbocycles. The van der Waals surface area contributed by atoms with Crippen molar-refractivity contribution in [2.24, 2.45) is 0 Å². The van der Waals surface area contributed by atoms with E-state index in [0.29, 0.717) is 12.2 Å². The number of hydrogen-bond acceptors (Lipinski definition) is 5. The summed E-state index contributed by atoms with van der Waals surface area (Å²) in [6.45, 7) is 10.3. The Morgan fingerprint density at radius 3 is 2.72 bits per heavy atom. The molecule has 0 saturated heterocycles. The van der Waals surface area contributed by atoms with Gasteiger partial charge in [-0.1, -0.05) is 19.4 Å². The van der Waals surface area contributed by atoms with Crippen molar-refractivity contribution in [1.82, 2.24) is 9.97 Å². The van der Waals surface area contributed by atoms with Gasteiger partial charge in [0.15, 0.2) is 6.10 Å². The summed E-state index contributed by atoms with van der Waals surface area (Å²) in [7, 11) is 0. The van der Waals surface area contributed by atoms with Crippen LogP contribution in [-0.4, -0.2) is 33.3 Å². The zero-order valence-corrected chi connectivity index (χ0v) is 21.5. The average molecular weight is 485 g/mol. The fourth-order valence-corrected chi connectivity index (χ4v) is 5.18. The number of rotatable bonds is 6. The van der Waals surface area contributed by atoms with Gasteiger partial charge < -0.3 is 14.6 Å². The van der Waals surface area contributed by atoms with Crippen molar-refractivity contribution in [2.75, 3.05) is 6.61 Å². The summed E-state index contributed by atoms with van der Waals surface area (Å²) in [5.74, 6) is -0.214. The first-order valence-electron chi connectivity index (χ1n) is 12.6. The third-order valence-electron chi connectivity index (χ3n) is 6.60. The minimum absolute atomic E-state index is 0.634. The van der Waals surface area contributed by atoms with E-state index < -0.39 is 17.7 Å². The van der Waals surface area contributed by atoms with Crippen LogP contribution in [0, 0.1) is 6.92 Å². The number of benzene rings is 2. The quantitative estimate of drug-likeness (QED) is 0.333. The predicted octanol–water partition coefficient (Wildman–Crippen LogP) is 6.59. The molecule has 6 nitrogen and oxygen atoms in total. The van der Waals surface area contributed by atoms with Gasteiger partial charge in [0.1, 0.15) is 5.75 Å². The highest BCUT2D eigenvalue weighted by atomic mass is 16.5. The van der Waals surface area contributed by atoms with Gasteiger partial charge in [-0.05, 0) is 81.1 Å². The van der Waals surface area contributed by atoms with E-state index in [9.17, 15) is 9.90 Å². The Labute approximate surface area is 211 Å². The molecule has 3 heterocycles. The zero-order valence-electron chi connectivity index (χ0n) is 21.5. The molecular formula is C30H32N2O4. The maximum absolute atomic E-state index is 12.6. The van der Waals surface area contributed by atoms with Gasteiger partial charge in [-0.15, -0.1) is 0 Å². The van der Waals surface area contributed by atoms with Crippen molar-refractivity contribution in [2.45, 2.75) is 65.6 Å². The van der Waals surface area contributed by atoms with Crippen molar-refractivity contribution in [3.8, 4) is 16.9 Å². The number of fused-ring (bicyclic) bond motifs is 1. The van der Waals surface area contributed by atoms with Crippen LogP contribution in [0.15, 0.2) is 42.6 Å². The Hall–Kier alpha value is -3.51. The molecule has 4 aromatic rings. The smallest absolute Gasteiger partial charge is 0.337 e. The van der Waals surface area contributed by atoms with Crippen LogP contribution in [0.2, 0.25) is 0 Å². The molecule has 5 rings (SSSR count). The fourth-order valence-electron chi connectivity index (χ4n) is 5.18. The van der Waals surface area contributed by atoms with E-state index in [-0.39, 0.29) is 0 Å². The minimum atomic E-state index is -1.15. The van der Waals surface area contributed by atoms with E-state index in [1.54, 1.807) is 0 Å². The molecule has 1 N–H and O–H groups in total. The average Bonchev–Trinajstić information content (AvgIpc) is 2.82. The van der Waals surface area contributed by atoms with Gasteiger partial charge in [-0.2, -0.15) is 0 Å². The molecule has 6 heteroatoms. The molecule has 0 unspecified atom stereocenters. The maximum atomic E-state index is 12.6. The Morgan fingerprint density at radius 1 is 1.19 bits per heavy atom. The molecule has 0 bridgehead atoms. The van der Waals surface area contributed by atoms with Crippen LogP contribution >= 0.6 is 0 Å². The van der Waals surface area contributed by atoms with Crippen LogP contribution in [-0.2, 0) is 22.4 Å². The van der Waals surface area contributed by atoms with E-state index in [1.165, 1.54) is 5.56 Å². The Bertz CT molecular complexity index is 1480. The standard InChI is InChI=1S/C30H32N2O4/c1-6-7-19-8-9-20-22(32-19)16-17(2)24(28(29(33)34)36-30(3,4)5)26(20)21-10-11-23-25-18(13-15-35-23)12-14-31-27(21)25/h8-12,14,16,28H,6-7,13,15H2,1-5H3,(H,33,34)/t28-/m0/s1. The number of carboxylic acids is 1. The van der Waals surface area contributed by atoms with Gasteiger partial charge in [0.2, 0.25) is 0 Å². The van der Waals surface area contributed by atoms with Gasteiger partial charge in [-0.3, -0.25) is 9.97 Å². The fraction of sp³-hybridized carbons (Fsp3) is 0.367. The SMILES string of the molecule is CCCc1ccc2c(-c3ccc4c5c(ccnc35)CCO4)c([C@H](OC(C)(C)C)C(=O)O)c(C)cc2n1. The first kappa shape index (κ1) is 24.2. The van der Waals surface area contributed by atoms with E-state index >= 15 is 0 Å². The monoisotopic (exact) mass is 484 g/mol. The highest BCUT2D eigenvalue weighted by molar-refractivity contribution is 6.08. The summed E-state index contributed by atoms with van der Waals surface area (Å²) in [5, 5.41) is 12.2. The zero-order chi connectivity index (χ0) is 25.6. The van der Waals surface area contributed by atoms with Crippen LogP contribution in [0.5, 0.6) is 5.75 Å². The van der Waals surface area contributed by atoms with Crippen LogP contribution < -0.4 is 4.74 Å². The van der Waals surface area contributed by atoms with Crippen LogP contribution in [0.4, 0.5) is 0 Å². The number of pyridine rings is 2. The summed E-state index contributed by atoms with van der Waals surface area (Å²) in [6.07, 6.45) is 3.37. The van der Waals surface area contributed by atoms with Gasteiger partial charge in [0.05, 0.1) is 23.2 Å².